The smallest absolute Gasteiger partial charge is 0.235 e. The molecule has 7 nitrogen and oxygen atoms in total. The molecule has 1 aromatic rings. The molecular weight excluding hydrogens is 356 g/mol. The van der Waals surface area contributed by atoms with Gasteiger partial charge in [-0.1, -0.05) is 0 Å². The van der Waals surface area contributed by atoms with E-state index in [0.717, 1.165) is 25.8 Å². The van der Waals surface area contributed by atoms with Crippen LogP contribution < -0.4 is 13.8 Å². The minimum absolute atomic E-state index is 0.00171. The van der Waals surface area contributed by atoms with Gasteiger partial charge in [-0.3, -0.25) is 9.10 Å². The highest BCUT2D eigenvalue weighted by Crippen LogP contribution is 2.36. The predicted octanol–water partition coefficient (Wildman–Crippen LogP) is 2.01. The maximum absolute atomic E-state index is 13.0. The molecular formula is C18H26N2O5S. The van der Waals surface area contributed by atoms with Crippen LogP contribution >= 0.6 is 0 Å². The number of nitrogens with zero attached hydrogens (tertiary/aromatic N) is 2. The first kappa shape index (κ1) is 18.8. The minimum atomic E-state index is -3.51. The van der Waals surface area contributed by atoms with Crippen molar-refractivity contribution in [2.24, 2.45) is 0 Å². The number of benzene rings is 1. The summed E-state index contributed by atoms with van der Waals surface area (Å²) in [5.74, 6) is 1.17. The fraction of sp³-hybridized carbons (Fsp3) is 0.611. The van der Waals surface area contributed by atoms with E-state index in [-0.39, 0.29) is 24.2 Å². The van der Waals surface area contributed by atoms with Crippen molar-refractivity contribution in [2.45, 2.75) is 38.6 Å². The zero-order valence-electron chi connectivity index (χ0n) is 15.3. The monoisotopic (exact) mass is 382 g/mol. The Morgan fingerprint density at radius 1 is 1.31 bits per heavy atom. The van der Waals surface area contributed by atoms with Gasteiger partial charge in [0.15, 0.2) is 0 Å². The topological polar surface area (TPSA) is 76.2 Å². The lowest BCUT2D eigenvalue weighted by atomic mass is 10.00. The molecule has 0 N–H and O–H groups in total. The first-order valence-corrected chi connectivity index (χ1v) is 10.6. The van der Waals surface area contributed by atoms with Crippen LogP contribution in [0, 0.1) is 0 Å². The van der Waals surface area contributed by atoms with E-state index in [9.17, 15) is 13.2 Å². The summed E-state index contributed by atoms with van der Waals surface area (Å²) >= 11 is 0. The lowest BCUT2D eigenvalue weighted by molar-refractivity contribution is -0.132. The van der Waals surface area contributed by atoms with Gasteiger partial charge in [0, 0.05) is 25.6 Å². The molecule has 1 aromatic carbocycles. The van der Waals surface area contributed by atoms with Crippen LogP contribution in [0.15, 0.2) is 18.2 Å². The van der Waals surface area contributed by atoms with Crippen LogP contribution in [0.2, 0.25) is 0 Å². The molecule has 0 bridgehead atoms. The van der Waals surface area contributed by atoms with Gasteiger partial charge in [0.2, 0.25) is 15.9 Å². The highest BCUT2D eigenvalue weighted by Gasteiger charge is 2.31. The lowest BCUT2D eigenvalue weighted by Gasteiger charge is -2.36. The number of likely N-dealkylation sites (tertiary alicyclic amines) is 1. The normalized spacial score (nSPS) is 20.3. The van der Waals surface area contributed by atoms with Crippen LogP contribution in [-0.4, -0.2) is 57.8 Å². The molecule has 2 aliphatic rings. The Bertz CT molecular complexity index is 765. The third kappa shape index (κ3) is 3.90. The molecule has 1 unspecified atom stereocenters. The van der Waals surface area contributed by atoms with Gasteiger partial charge >= 0.3 is 0 Å². The van der Waals surface area contributed by atoms with Crippen molar-refractivity contribution in [3.8, 4) is 11.5 Å². The molecule has 1 saturated heterocycles. The quantitative estimate of drug-likeness (QED) is 0.779. The van der Waals surface area contributed by atoms with E-state index >= 15 is 0 Å². The summed E-state index contributed by atoms with van der Waals surface area (Å²) in [5.41, 5.74) is 0.516. The number of rotatable bonds is 5. The van der Waals surface area contributed by atoms with E-state index in [4.69, 9.17) is 9.47 Å². The average Bonchev–Trinajstić information content (AvgIpc) is 2.65. The fourth-order valence-electron chi connectivity index (χ4n) is 3.70. The molecule has 0 saturated carbocycles. The Labute approximate surface area is 154 Å². The second-order valence-corrected chi connectivity index (χ2v) is 8.73. The van der Waals surface area contributed by atoms with Crippen molar-refractivity contribution in [1.29, 1.82) is 0 Å². The summed E-state index contributed by atoms with van der Waals surface area (Å²) in [6, 6.07) is 5.17. The molecule has 0 radical (unpaired) electrons. The van der Waals surface area contributed by atoms with Crippen molar-refractivity contribution in [3.63, 3.8) is 0 Å². The highest BCUT2D eigenvalue weighted by atomic mass is 32.2. The molecule has 8 heteroatoms. The van der Waals surface area contributed by atoms with Gasteiger partial charge in [-0.2, -0.15) is 0 Å². The molecule has 0 aromatic heterocycles. The molecule has 2 aliphatic heterocycles. The Hall–Kier alpha value is -1.96. The molecule has 1 atom stereocenters. The molecule has 2 heterocycles. The fourth-order valence-corrected chi connectivity index (χ4v) is 5.28. The summed E-state index contributed by atoms with van der Waals surface area (Å²) in [4.78, 5) is 13.6. The second-order valence-electron chi connectivity index (χ2n) is 6.72. The number of sulfonamides is 1. The van der Waals surface area contributed by atoms with Crippen LogP contribution in [0.25, 0.3) is 0 Å². The number of ether oxygens (including phenoxy) is 2. The number of hydrogen-bond acceptors (Lipinski definition) is 5. The maximum Gasteiger partial charge on any atom is 0.235 e. The zero-order chi connectivity index (χ0) is 18.7. The lowest BCUT2D eigenvalue weighted by Crippen LogP contribution is -2.45. The summed E-state index contributed by atoms with van der Waals surface area (Å²) < 4.78 is 38.2. The average molecular weight is 382 g/mol. The second kappa shape index (κ2) is 7.73. The van der Waals surface area contributed by atoms with E-state index < -0.39 is 10.0 Å². The largest absolute Gasteiger partial charge is 0.497 e. The standard InChI is InChI=1S/C18H26N2O5S/c1-14(21)19-9-4-3-5-15(19)8-12-26(22,23)20-10-11-25-18-7-6-16(24-2)13-17(18)20/h6-7,13,15H,3-5,8-12H2,1-2H3. The van der Waals surface area contributed by atoms with Crippen molar-refractivity contribution >= 4 is 21.6 Å². The molecule has 144 valence electrons. The van der Waals surface area contributed by atoms with Gasteiger partial charge in [0.1, 0.15) is 18.1 Å². The Morgan fingerprint density at radius 2 is 2.12 bits per heavy atom. The van der Waals surface area contributed by atoms with Crippen LogP contribution in [0.1, 0.15) is 32.6 Å². The Morgan fingerprint density at radius 3 is 2.85 bits per heavy atom. The number of methoxy groups -OCH3 is 1. The van der Waals surface area contributed by atoms with Gasteiger partial charge in [-0.05, 0) is 37.8 Å². The number of anilines is 1. The van der Waals surface area contributed by atoms with Crippen molar-refractivity contribution in [3.05, 3.63) is 18.2 Å². The molecule has 26 heavy (non-hydrogen) atoms. The van der Waals surface area contributed by atoms with Crippen LogP contribution in [0.3, 0.4) is 0 Å². The number of fused-ring (bicyclic) bond motifs is 1. The van der Waals surface area contributed by atoms with Crippen molar-refractivity contribution in [1.82, 2.24) is 4.90 Å². The minimum Gasteiger partial charge on any atom is -0.497 e. The highest BCUT2D eigenvalue weighted by molar-refractivity contribution is 7.92. The van der Waals surface area contributed by atoms with Crippen LogP contribution in [0.5, 0.6) is 11.5 Å². The number of carbonyl (C=O) groups excluding carboxylic acids is 1. The van der Waals surface area contributed by atoms with Gasteiger partial charge in [0.05, 0.1) is 25.1 Å². The first-order chi connectivity index (χ1) is 12.4. The van der Waals surface area contributed by atoms with Crippen LogP contribution in [0.4, 0.5) is 5.69 Å². The third-order valence-electron chi connectivity index (χ3n) is 5.06. The van der Waals surface area contributed by atoms with Gasteiger partial charge in [-0.25, -0.2) is 8.42 Å². The van der Waals surface area contributed by atoms with Gasteiger partial charge < -0.3 is 14.4 Å². The van der Waals surface area contributed by atoms with Crippen LogP contribution in [-0.2, 0) is 14.8 Å². The number of hydrogen-bond donors (Lipinski definition) is 0. The molecule has 3 rings (SSSR count). The summed E-state index contributed by atoms with van der Waals surface area (Å²) in [7, 11) is -1.97. The van der Waals surface area contributed by atoms with Gasteiger partial charge in [-0.15, -0.1) is 0 Å². The molecule has 1 fully saturated rings. The molecule has 0 spiro atoms. The van der Waals surface area contributed by atoms with E-state index in [0.29, 0.717) is 30.2 Å². The molecule has 0 aliphatic carbocycles. The predicted molar refractivity (Wildman–Crippen MR) is 99.3 cm³/mol. The maximum atomic E-state index is 13.0. The van der Waals surface area contributed by atoms with Crippen molar-refractivity contribution < 1.29 is 22.7 Å². The van der Waals surface area contributed by atoms with E-state index in [1.165, 1.54) is 4.31 Å². The Kier molecular flexibility index (Phi) is 5.60. The number of amides is 1. The third-order valence-corrected chi connectivity index (χ3v) is 6.87. The zero-order valence-corrected chi connectivity index (χ0v) is 16.1. The summed E-state index contributed by atoms with van der Waals surface area (Å²) in [6.45, 7) is 2.88. The van der Waals surface area contributed by atoms with Crippen molar-refractivity contribution in [2.75, 3.05) is 36.9 Å². The van der Waals surface area contributed by atoms with E-state index in [1.807, 2.05) is 4.90 Å². The van der Waals surface area contributed by atoms with E-state index in [1.54, 1.807) is 32.2 Å². The Balaban J connectivity index is 1.76. The first-order valence-electron chi connectivity index (χ1n) is 9.01. The number of carbonyl (C=O) groups is 1. The summed E-state index contributed by atoms with van der Waals surface area (Å²) in [6.07, 6.45) is 3.34. The summed E-state index contributed by atoms with van der Waals surface area (Å²) in [5, 5.41) is 0. The van der Waals surface area contributed by atoms with E-state index in [2.05, 4.69) is 0 Å². The van der Waals surface area contributed by atoms with Gasteiger partial charge in [0.25, 0.3) is 0 Å². The SMILES string of the molecule is COc1ccc2c(c1)N(S(=O)(=O)CCC1CCCCN1C(C)=O)CCO2. The molecule has 1 amide bonds. The number of piperidine rings is 1.